The molecule has 0 saturated heterocycles. The molecule has 0 bridgehead atoms. The zero-order valence-electron chi connectivity index (χ0n) is 12.8. The van der Waals surface area contributed by atoms with Crippen LogP contribution in [0.4, 0.5) is 13.2 Å². The van der Waals surface area contributed by atoms with E-state index in [-0.39, 0.29) is 5.71 Å². The molecule has 3 aromatic rings. The van der Waals surface area contributed by atoms with E-state index < -0.39 is 18.4 Å². The number of aromatic nitrogens is 1. The molecule has 128 valence electrons. The first-order chi connectivity index (χ1) is 11.9. The van der Waals surface area contributed by atoms with Gasteiger partial charge >= 0.3 is 12.0 Å². The van der Waals surface area contributed by atoms with Crippen molar-refractivity contribution in [3.8, 4) is 11.1 Å². The number of hydrogen-bond donors (Lipinski definition) is 2. The van der Waals surface area contributed by atoms with Gasteiger partial charge in [0.1, 0.15) is 0 Å². The van der Waals surface area contributed by atoms with E-state index in [9.17, 15) is 18.3 Å². The van der Waals surface area contributed by atoms with Crippen LogP contribution < -0.4 is 0 Å². The highest BCUT2D eigenvalue weighted by atomic mass is 19.4. The first-order valence-electron chi connectivity index (χ1n) is 7.58. The van der Waals surface area contributed by atoms with E-state index in [2.05, 4.69) is 15.0 Å². The van der Waals surface area contributed by atoms with Crippen LogP contribution in [0.15, 0.2) is 59.9 Å². The molecule has 2 aromatic carbocycles. The maximum Gasteiger partial charge on any atom is 0.458 e. The molecule has 7 heteroatoms. The van der Waals surface area contributed by atoms with Crippen LogP contribution in [0.1, 0.15) is 12.0 Å². The minimum Gasteiger partial charge on any atom is -0.361 e. The number of nitrogens with one attached hydrogen (secondary N) is 1. The van der Waals surface area contributed by atoms with Crippen molar-refractivity contribution in [2.24, 2.45) is 5.16 Å². The zero-order valence-corrected chi connectivity index (χ0v) is 12.8. The molecule has 1 unspecified atom stereocenters. The van der Waals surface area contributed by atoms with Crippen LogP contribution in [0.2, 0.25) is 0 Å². The van der Waals surface area contributed by atoms with Crippen molar-refractivity contribution >= 4 is 16.6 Å². The summed E-state index contributed by atoms with van der Waals surface area (Å²) in [7, 11) is 0. The third-order valence-corrected chi connectivity index (χ3v) is 4.26. The van der Waals surface area contributed by atoms with E-state index in [1.807, 2.05) is 30.5 Å². The molecule has 25 heavy (non-hydrogen) atoms. The molecule has 0 saturated carbocycles. The highest BCUT2D eigenvalue weighted by Crippen LogP contribution is 2.39. The lowest BCUT2D eigenvalue weighted by Crippen LogP contribution is -2.45. The lowest BCUT2D eigenvalue weighted by molar-refractivity contribution is -0.355. The Labute approximate surface area is 140 Å². The lowest BCUT2D eigenvalue weighted by Gasteiger charge is -2.22. The average molecular weight is 346 g/mol. The number of rotatable bonds is 2. The monoisotopic (exact) mass is 346 g/mol. The number of halogens is 3. The van der Waals surface area contributed by atoms with E-state index in [4.69, 9.17) is 0 Å². The number of nitrogens with zero attached hydrogens (tertiary/aromatic N) is 1. The fourth-order valence-electron chi connectivity index (χ4n) is 2.81. The molecule has 0 amide bonds. The molecule has 4 nitrogen and oxygen atoms in total. The van der Waals surface area contributed by atoms with Crippen molar-refractivity contribution in [1.29, 1.82) is 0 Å². The van der Waals surface area contributed by atoms with Crippen molar-refractivity contribution < 1.29 is 23.1 Å². The van der Waals surface area contributed by atoms with Gasteiger partial charge in [-0.15, -0.1) is 0 Å². The summed E-state index contributed by atoms with van der Waals surface area (Å²) >= 11 is 0. The molecule has 0 radical (unpaired) electrons. The van der Waals surface area contributed by atoms with Crippen LogP contribution in [0.25, 0.3) is 22.0 Å². The molecule has 0 aliphatic carbocycles. The van der Waals surface area contributed by atoms with Crippen LogP contribution >= 0.6 is 0 Å². The zero-order chi connectivity index (χ0) is 17.7. The van der Waals surface area contributed by atoms with Gasteiger partial charge in [0.05, 0.1) is 12.1 Å². The van der Waals surface area contributed by atoms with Gasteiger partial charge in [-0.25, -0.2) is 0 Å². The SMILES string of the molecule is OC1(C(F)(F)F)CC(c2ccc(-c3ccc4cc[nH]c4c3)cc2)=NO1. The van der Waals surface area contributed by atoms with Gasteiger partial charge in [0, 0.05) is 11.7 Å². The molecule has 1 aromatic heterocycles. The highest BCUT2D eigenvalue weighted by molar-refractivity contribution is 6.02. The molecule has 1 atom stereocenters. The molecule has 2 heterocycles. The Morgan fingerprint density at radius 1 is 1.00 bits per heavy atom. The first kappa shape index (κ1) is 15.7. The maximum atomic E-state index is 12.8. The number of benzene rings is 2. The van der Waals surface area contributed by atoms with Gasteiger partial charge in [-0.2, -0.15) is 13.2 Å². The number of aliphatic hydroxyl groups is 1. The fourth-order valence-corrected chi connectivity index (χ4v) is 2.81. The summed E-state index contributed by atoms with van der Waals surface area (Å²) in [5, 5.41) is 14.0. The number of aromatic amines is 1. The molecular weight excluding hydrogens is 333 g/mol. The van der Waals surface area contributed by atoms with Gasteiger partial charge in [-0.1, -0.05) is 41.6 Å². The Bertz CT molecular complexity index is 960. The van der Waals surface area contributed by atoms with E-state index in [0.717, 1.165) is 22.0 Å². The van der Waals surface area contributed by atoms with Crippen LogP contribution in [-0.2, 0) is 4.84 Å². The third-order valence-electron chi connectivity index (χ3n) is 4.26. The Kier molecular flexibility index (Phi) is 3.36. The van der Waals surface area contributed by atoms with E-state index in [1.165, 1.54) is 0 Å². The van der Waals surface area contributed by atoms with Gasteiger partial charge in [0.2, 0.25) is 0 Å². The standard InChI is InChI=1S/C18H13F3N2O2/c19-18(20,21)17(24)10-16(23-25-17)12-3-1-11(2-4-12)14-6-5-13-7-8-22-15(13)9-14/h1-9,22,24H,10H2. The normalized spacial score (nSPS) is 20.6. The summed E-state index contributed by atoms with van der Waals surface area (Å²) in [5.74, 6) is -3.25. The summed E-state index contributed by atoms with van der Waals surface area (Å²) < 4.78 is 38.3. The second kappa shape index (κ2) is 5.35. The van der Waals surface area contributed by atoms with E-state index in [1.54, 1.807) is 24.3 Å². The maximum absolute atomic E-state index is 12.8. The molecule has 0 fully saturated rings. The summed E-state index contributed by atoms with van der Waals surface area (Å²) in [4.78, 5) is 7.38. The lowest BCUT2D eigenvalue weighted by atomic mass is 9.98. The van der Waals surface area contributed by atoms with Gasteiger partial charge in [-0.05, 0) is 34.2 Å². The molecule has 0 spiro atoms. The molecule has 4 rings (SSSR count). The first-order valence-corrected chi connectivity index (χ1v) is 7.58. The molecule has 1 aliphatic rings. The molecule has 1 aliphatic heterocycles. The highest BCUT2D eigenvalue weighted by Gasteiger charge is 2.60. The Hall–Kier alpha value is -2.80. The predicted octanol–water partition coefficient (Wildman–Crippen LogP) is 4.21. The van der Waals surface area contributed by atoms with Gasteiger partial charge in [0.25, 0.3) is 0 Å². The summed E-state index contributed by atoms with van der Waals surface area (Å²) in [6.45, 7) is 0. The molecular formula is C18H13F3N2O2. The van der Waals surface area contributed by atoms with Crippen LogP contribution in [0.3, 0.4) is 0 Å². The largest absolute Gasteiger partial charge is 0.458 e. The Morgan fingerprint density at radius 2 is 1.68 bits per heavy atom. The number of hydrogen-bond acceptors (Lipinski definition) is 3. The van der Waals surface area contributed by atoms with Crippen molar-refractivity contribution in [1.82, 2.24) is 4.98 Å². The minimum absolute atomic E-state index is 0.0613. The minimum atomic E-state index is -4.90. The van der Waals surface area contributed by atoms with Crippen LogP contribution in [0.5, 0.6) is 0 Å². The predicted molar refractivity (Wildman–Crippen MR) is 87.0 cm³/mol. The number of oxime groups is 1. The van der Waals surface area contributed by atoms with Gasteiger partial charge < -0.3 is 14.9 Å². The number of H-pyrrole nitrogens is 1. The van der Waals surface area contributed by atoms with Crippen molar-refractivity contribution in [2.75, 3.05) is 0 Å². The number of alkyl halides is 3. The Morgan fingerprint density at radius 3 is 2.36 bits per heavy atom. The summed E-state index contributed by atoms with van der Waals surface area (Å²) in [5.41, 5.74) is 3.45. The van der Waals surface area contributed by atoms with Gasteiger partial charge in [-0.3, -0.25) is 0 Å². The summed E-state index contributed by atoms with van der Waals surface area (Å²) in [6, 6.07) is 14.9. The summed E-state index contributed by atoms with van der Waals surface area (Å²) in [6.07, 6.45) is -3.77. The fraction of sp³-hybridized carbons (Fsp3) is 0.167. The van der Waals surface area contributed by atoms with Gasteiger partial charge in [0.15, 0.2) is 0 Å². The molecule has 2 N–H and O–H groups in total. The van der Waals surface area contributed by atoms with E-state index in [0.29, 0.717) is 5.56 Å². The van der Waals surface area contributed by atoms with Crippen LogP contribution in [-0.4, -0.2) is 27.8 Å². The second-order valence-electron chi connectivity index (χ2n) is 5.95. The quantitative estimate of drug-likeness (QED) is 0.730. The number of fused-ring (bicyclic) bond motifs is 1. The smallest absolute Gasteiger partial charge is 0.361 e. The van der Waals surface area contributed by atoms with E-state index >= 15 is 0 Å². The second-order valence-corrected chi connectivity index (χ2v) is 5.95. The Balaban J connectivity index is 1.58. The van der Waals surface area contributed by atoms with Crippen LogP contribution in [0, 0.1) is 0 Å². The van der Waals surface area contributed by atoms with Crippen molar-refractivity contribution in [3.63, 3.8) is 0 Å². The average Bonchev–Trinajstić information content (AvgIpc) is 3.21. The third kappa shape index (κ3) is 2.66. The van der Waals surface area contributed by atoms with Crippen molar-refractivity contribution in [2.45, 2.75) is 18.4 Å². The topological polar surface area (TPSA) is 57.6 Å². The van der Waals surface area contributed by atoms with Crippen molar-refractivity contribution in [3.05, 3.63) is 60.3 Å².